The van der Waals surface area contributed by atoms with Gasteiger partial charge in [0.1, 0.15) is 0 Å². The number of nitrogens with zero attached hydrogens (tertiary/aromatic N) is 1. The van der Waals surface area contributed by atoms with Gasteiger partial charge in [-0.3, -0.25) is 9.63 Å². The van der Waals surface area contributed by atoms with Crippen molar-refractivity contribution >= 4 is 47.8 Å². The van der Waals surface area contributed by atoms with Gasteiger partial charge in [0.2, 0.25) is 6.10 Å². The number of aliphatic carboxylic acids is 3. The summed E-state index contributed by atoms with van der Waals surface area (Å²) in [5.41, 5.74) is 2.51. The predicted molar refractivity (Wildman–Crippen MR) is 101 cm³/mol. The first-order chi connectivity index (χ1) is 17.3. The molecule has 0 aromatic rings. The highest BCUT2D eigenvalue weighted by molar-refractivity contribution is 5.95. The van der Waals surface area contributed by atoms with E-state index < -0.39 is 95.8 Å². The minimum absolute atomic E-state index is 1.27. The number of amides is 2. The molecule has 0 saturated carbocycles. The van der Waals surface area contributed by atoms with Crippen LogP contribution in [0.15, 0.2) is 0 Å². The maximum absolute atomic E-state index is 11.8. The lowest BCUT2D eigenvalue weighted by atomic mass is 9.96. The number of aliphatic hydroxyl groups excluding tert-OH is 2. The number of hydroxylamine groups is 1. The molecule has 23 heteroatoms. The topological polar surface area (TPSA) is 376 Å². The molecule has 0 saturated heterocycles. The number of carbonyl (C=O) groups is 8. The number of carboxylic acid groups (broad SMARTS) is 3. The van der Waals surface area contributed by atoms with E-state index in [9.17, 15) is 63.8 Å². The van der Waals surface area contributed by atoms with Gasteiger partial charge in [-0.1, -0.05) is 0 Å². The summed E-state index contributed by atoms with van der Waals surface area (Å²) in [5.74, 6) is -15.1. The summed E-state index contributed by atoms with van der Waals surface area (Å²) in [5, 5.41) is 64.6. The number of nitrogens with one attached hydrogen (secondary N) is 1. The van der Waals surface area contributed by atoms with Gasteiger partial charge in [0, 0.05) is 0 Å². The Morgan fingerprint density at radius 3 is 1.76 bits per heavy atom. The second kappa shape index (κ2) is 13.8. The summed E-state index contributed by atoms with van der Waals surface area (Å²) in [6.07, 6.45) is -15.5. The molecule has 38 heavy (non-hydrogen) atoms. The lowest BCUT2D eigenvalue weighted by Crippen LogP contribution is -2.50. The van der Waals surface area contributed by atoms with Crippen molar-refractivity contribution in [3.05, 3.63) is 10.1 Å². The summed E-state index contributed by atoms with van der Waals surface area (Å²) in [6.45, 7) is 0. The molecule has 5 unspecified atom stereocenters. The predicted octanol–water partition coefficient (Wildman–Crippen LogP) is -5.84. The van der Waals surface area contributed by atoms with Gasteiger partial charge in [-0.2, -0.15) is 5.48 Å². The van der Waals surface area contributed by atoms with Crippen molar-refractivity contribution in [2.24, 2.45) is 5.73 Å². The summed E-state index contributed by atoms with van der Waals surface area (Å²) in [6, 6.07) is -1.41. The molecule has 9 N–H and O–H groups in total. The molecule has 0 bridgehead atoms. The molecule has 0 spiro atoms. The SMILES string of the molecule is NC(=O)NOC(=O)CC(O)(CC(=O)OC(=O)C(O)C(O)C(=O)OC(C(=O)O)C(O[N+](=O)[O-])C(=O)O)C(=O)O. The largest absolute Gasteiger partial charge is 0.479 e. The van der Waals surface area contributed by atoms with E-state index in [-0.39, 0.29) is 0 Å². The molecule has 23 nitrogen and oxygen atoms in total. The zero-order valence-corrected chi connectivity index (χ0v) is 18.1. The maximum atomic E-state index is 11.8. The third-order valence-electron chi connectivity index (χ3n) is 3.74. The lowest BCUT2D eigenvalue weighted by Gasteiger charge is -2.22. The van der Waals surface area contributed by atoms with Gasteiger partial charge in [0.25, 0.3) is 11.2 Å². The molecule has 0 aliphatic carbocycles. The van der Waals surface area contributed by atoms with Crippen LogP contribution in [0.3, 0.4) is 0 Å². The normalized spacial score (nSPS) is 15.1. The molecule has 0 aromatic heterocycles. The van der Waals surface area contributed by atoms with Crippen LogP contribution in [0.5, 0.6) is 0 Å². The van der Waals surface area contributed by atoms with Crippen molar-refractivity contribution in [2.75, 3.05) is 0 Å². The number of urea groups is 1. The molecular weight excluding hydrogens is 542 g/mol. The Kier molecular flexibility index (Phi) is 11.9. The van der Waals surface area contributed by atoms with Crippen LogP contribution in [-0.4, -0.2) is 114 Å². The second-order valence-electron chi connectivity index (χ2n) is 6.60. The standard InChI is InChI=1S/C15H17N3O20/c16-14(31)17-37-4(20)2-15(32,13(29)30)1-3(19)35-11(27)5(21)6(22)12(28)36-7(9(23)24)8(10(25)26)38-18(33)34/h5-8,21-22,32H,1-2H2,(H,23,24)(H,25,26)(H,29,30)(H3,16,17,31). The third kappa shape index (κ3) is 10.2. The molecule has 0 aromatic carbocycles. The Morgan fingerprint density at radius 1 is 0.868 bits per heavy atom. The van der Waals surface area contributed by atoms with Crippen LogP contribution in [0.25, 0.3) is 0 Å². The Balaban J connectivity index is 5.37. The van der Waals surface area contributed by atoms with Crippen LogP contribution in [-0.2, 0) is 52.7 Å². The molecule has 212 valence electrons. The van der Waals surface area contributed by atoms with Gasteiger partial charge in [0.15, 0.2) is 17.8 Å². The van der Waals surface area contributed by atoms with Crippen molar-refractivity contribution in [3.63, 3.8) is 0 Å². The first-order valence-corrected chi connectivity index (χ1v) is 9.11. The number of carbonyl (C=O) groups excluding carboxylic acids is 5. The quantitative estimate of drug-likeness (QED) is 0.0323. The summed E-state index contributed by atoms with van der Waals surface area (Å²) < 4.78 is 7.93. The first kappa shape index (κ1) is 32.8. The second-order valence-corrected chi connectivity index (χ2v) is 6.60. The summed E-state index contributed by atoms with van der Waals surface area (Å²) >= 11 is 0. The number of primary amides is 1. The highest BCUT2D eigenvalue weighted by Crippen LogP contribution is 2.18. The molecule has 0 aliphatic rings. The van der Waals surface area contributed by atoms with Crippen molar-refractivity contribution in [1.29, 1.82) is 0 Å². The van der Waals surface area contributed by atoms with E-state index in [1.165, 1.54) is 5.48 Å². The smallest absolute Gasteiger partial charge is 0.348 e. The van der Waals surface area contributed by atoms with Gasteiger partial charge < -0.3 is 50.7 Å². The fourth-order valence-corrected chi connectivity index (χ4v) is 2.06. The molecule has 0 heterocycles. The molecule has 0 fully saturated rings. The Labute approximate surface area is 206 Å². The first-order valence-electron chi connectivity index (χ1n) is 9.11. The monoisotopic (exact) mass is 559 g/mol. The number of rotatable bonds is 14. The van der Waals surface area contributed by atoms with Crippen molar-refractivity contribution in [3.8, 4) is 0 Å². The molecule has 5 atom stereocenters. The number of nitrogens with two attached hydrogens (primary N) is 1. The van der Waals surface area contributed by atoms with Crippen molar-refractivity contribution in [1.82, 2.24) is 5.48 Å². The summed E-state index contributed by atoms with van der Waals surface area (Å²) in [7, 11) is 0. The average Bonchev–Trinajstić information content (AvgIpc) is 2.77. The Bertz CT molecular complexity index is 1010. The van der Waals surface area contributed by atoms with E-state index in [1.54, 1.807) is 0 Å². The van der Waals surface area contributed by atoms with Crippen molar-refractivity contribution < 1.29 is 93.2 Å². The van der Waals surface area contributed by atoms with E-state index in [0.717, 1.165) is 0 Å². The molecule has 0 rings (SSSR count). The van der Waals surface area contributed by atoms with E-state index in [4.69, 9.17) is 15.3 Å². The zero-order chi connectivity index (χ0) is 30.0. The third-order valence-corrected chi connectivity index (χ3v) is 3.74. The van der Waals surface area contributed by atoms with Gasteiger partial charge in [-0.25, -0.2) is 33.6 Å². The molecular formula is C15H17N3O20. The van der Waals surface area contributed by atoms with Gasteiger partial charge >= 0.3 is 47.8 Å². The van der Waals surface area contributed by atoms with Crippen LogP contribution in [0.1, 0.15) is 12.8 Å². The minimum atomic E-state index is -3.34. The number of aliphatic hydroxyl groups is 3. The van der Waals surface area contributed by atoms with Crippen LogP contribution >= 0.6 is 0 Å². The molecule has 2 amide bonds. The minimum Gasteiger partial charge on any atom is -0.479 e. The highest BCUT2D eigenvalue weighted by Gasteiger charge is 2.45. The van der Waals surface area contributed by atoms with E-state index >= 15 is 0 Å². The number of ether oxygens (including phenoxy) is 2. The number of hydrogen-bond donors (Lipinski definition) is 8. The van der Waals surface area contributed by atoms with Crippen LogP contribution in [0.2, 0.25) is 0 Å². The fraction of sp³-hybridized carbons (Fsp3) is 0.467. The lowest BCUT2D eigenvalue weighted by molar-refractivity contribution is -0.766. The maximum Gasteiger partial charge on any atom is 0.348 e. The van der Waals surface area contributed by atoms with E-state index in [1.807, 2.05) is 0 Å². The van der Waals surface area contributed by atoms with Crippen LogP contribution < -0.4 is 11.2 Å². The average molecular weight is 559 g/mol. The van der Waals surface area contributed by atoms with E-state index in [2.05, 4.69) is 24.9 Å². The summed E-state index contributed by atoms with van der Waals surface area (Å²) in [4.78, 5) is 108. The van der Waals surface area contributed by atoms with Crippen LogP contribution in [0, 0.1) is 10.1 Å². The Morgan fingerprint density at radius 2 is 1.34 bits per heavy atom. The fourth-order valence-electron chi connectivity index (χ4n) is 2.06. The van der Waals surface area contributed by atoms with E-state index in [0.29, 0.717) is 0 Å². The van der Waals surface area contributed by atoms with Gasteiger partial charge in [-0.05, 0) is 0 Å². The molecule has 0 radical (unpaired) electrons. The van der Waals surface area contributed by atoms with Gasteiger partial charge in [0.05, 0.1) is 12.8 Å². The number of hydrogen-bond acceptors (Lipinski definition) is 17. The molecule has 0 aliphatic heterocycles. The number of carboxylic acids is 3. The van der Waals surface area contributed by atoms with Crippen LogP contribution in [0.4, 0.5) is 4.79 Å². The zero-order valence-electron chi connectivity index (χ0n) is 18.1. The van der Waals surface area contributed by atoms with Crippen molar-refractivity contribution in [2.45, 2.75) is 42.9 Å². The Hall–Kier alpha value is -5.16. The highest BCUT2D eigenvalue weighted by atomic mass is 17.0. The number of esters is 3. The van der Waals surface area contributed by atoms with Gasteiger partial charge in [-0.15, -0.1) is 10.1 Å².